The lowest BCUT2D eigenvalue weighted by Crippen LogP contribution is -2.45. The number of halogens is 3. The summed E-state index contributed by atoms with van der Waals surface area (Å²) in [5.41, 5.74) is -0.0103. The molecule has 0 aromatic heterocycles. The van der Waals surface area contributed by atoms with E-state index in [0.717, 1.165) is 32.2 Å². The highest BCUT2D eigenvalue weighted by Crippen LogP contribution is 2.32. The number of alkyl halides is 3. The first-order valence-electron chi connectivity index (χ1n) is 6.75. The Hall–Kier alpha value is -1.11. The zero-order valence-corrected chi connectivity index (χ0v) is 11.2. The Morgan fingerprint density at radius 2 is 1.95 bits per heavy atom. The molecule has 3 nitrogen and oxygen atoms in total. The van der Waals surface area contributed by atoms with Gasteiger partial charge >= 0.3 is 6.18 Å². The van der Waals surface area contributed by atoms with Crippen LogP contribution < -0.4 is 5.32 Å². The van der Waals surface area contributed by atoms with Crippen LogP contribution in [0.25, 0.3) is 0 Å². The summed E-state index contributed by atoms with van der Waals surface area (Å²) in [5.74, 6) is 0. The number of nitrogens with zero attached hydrogens (tertiary/aromatic N) is 1. The second-order valence-electron chi connectivity index (χ2n) is 4.94. The van der Waals surface area contributed by atoms with Gasteiger partial charge in [-0.15, -0.1) is 0 Å². The van der Waals surface area contributed by atoms with Crippen LogP contribution in [0.3, 0.4) is 0 Å². The van der Waals surface area contributed by atoms with Gasteiger partial charge in [-0.2, -0.15) is 13.2 Å². The van der Waals surface area contributed by atoms with E-state index in [4.69, 9.17) is 0 Å². The highest BCUT2D eigenvalue weighted by Gasteiger charge is 2.31. The van der Waals surface area contributed by atoms with Crippen molar-refractivity contribution in [3.63, 3.8) is 0 Å². The summed E-state index contributed by atoms with van der Waals surface area (Å²) in [7, 11) is 0. The normalized spacial score (nSPS) is 19.0. The van der Waals surface area contributed by atoms with Crippen LogP contribution in [0.2, 0.25) is 0 Å². The van der Waals surface area contributed by atoms with E-state index in [9.17, 15) is 18.3 Å². The maximum Gasteiger partial charge on any atom is 0.416 e. The third-order valence-corrected chi connectivity index (χ3v) is 3.59. The molecule has 0 aliphatic carbocycles. The smallest absolute Gasteiger partial charge is 0.396 e. The molecular formula is C14H19F3N2O. The molecule has 6 heteroatoms. The number of nitrogens with one attached hydrogen (secondary N) is 1. The number of aliphatic hydroxyl groups is 1. The fraction of sp³-hybridized carbons (Fsp3) is 0.571. The molecule has 0 unspecified atom stereocenters. The lowest BCUT2D eigenvalue weighted by Gasteiger charge is -2.35. The van der Waals surface area contributed by atoms with Crippen LogP contribution in [0.4, 0.5) is 13.2 Å². The van der Waals surface area contributed by atoms with E-state index < -0.39 is 11.7 Å². The molecule has 2 rings (SSSR count). The number of rotatable bonds is 4. The van der Waals surface area contributed by atoms with Crippen molar-refractivity contribution in [3.8, 4) is 0 Å². The Balaban J connectivity index is 2.24. The highest BCUT2D eigenvalue weighted by molar-refractivity contribution is 5.28. The first-order chi connectivity index (χ1) is 9.52. The minimum atomic E-state index is -4.33. The van der Waals surface area contributed by atoms with Crippen LogP contribution >= 0.6 is 0 Å². The average Bonchev–Trinajstić information content (AvgIpc) is 2.45. The summed E-state index contributed by atoms with van der Waals surface area (Å²) in [5, 5.41) is 12.4. The summed E-state index contributed by atoms with van der Waals surface area (Å²) >= 11 is 0. The van der Waals surface area contributed by atoms with Crippen LogP contribution in [-0.4, -0.2) is 42.8 Å². The van der Waals surface area contributed by atoms with Crippen molar-refractivity contribution in [2.45, 2.75) is 18.6 Å². The topological polar surface area (TPSA) is 35.5 Å². The minimum Gasteiger partial charge on any atom is -0.396 e. The van der Waals surface area contributed by atoms with Crippen molar-refractivity contribution < 1.29 is 18.3 Å². The Labute approximate surface area is 116 Å². The average molecular weight is 288 g/mol. The Bertz CT molecular complexity index is 431. The fourth-order valence-corrected chi connectivity index (χ4v) is 2.60. The second kappa shape index (κ2) is 6.56. The largest absolute Gasteiger partial charge is 0.416 e. The van der Waals surface area contributed by atoms with E-state index in [2.05, 4.69) is 10.2 Å². The van der Waals surface area contributed by atoms with Gasteiger partial charge in [0.05, 0.1) is 5.56 Å². The number of hydrogen-bond donors (Lipinski definition) is 2. The number of aliphatic hydroxyl groups excluding tert-OH is 1. The molecule has 1 saturated heterocycles. The van der Waals surface area contributed by atoms with Gasteiger partial charge in [0.2, 0.25) is 0 Å². The van der Waals surface area contributed by atoms with Crippen molar-refractivity contribution in [1.82, 2.24) is 10.2 Å². The summed E-state index contributed by atoms with van der Waals surface area (Å²) < 4.78 is 38.4. The molecule has 1 aliphatic rings. The molecule has 1 aromatic rings. The number of hydrogen-bond acceptors (Lipinski definition) is 3. The van der Waals surface area contributed by atoms with E-state index in [1.54, 1.807) is 6.07 Å². The molecule has 0 saturated carbocycles. The van der Waals surface area contributed by atoms with Gasteiger partial charge in [0.25, 0.3) is 0 Å². The standard InChI is InChI=1S/C14H19F3N2O/c15-14(16,17)12-3-1-2-11(10-12)13(4-9-20)19-7-5-18-6-8-19/h1-3,10,13,18,20H,4-9H2/t13-/m0/s1. The monoisotopic (exact) mass is 288 g/mol. The molecule has 1 heterocycles. The molecule has 1 atom stereocenters. The van der Waals surface area contributed by atoms with Gasteiger partial charge in [-0.05, 0) is 24.1 Å². The highest BCUT2D eigenvalue weighted by atomic mass is 19.4. The van der Waals surface area contributed by atoms with E-state index in [1.807, 2.05) is 0 Å². The van der Waals surface area contributed by atoms with Gasteiger partial charge in [0.1, 0.15) is 0 Å². The van der Waals surface area contributed by atoms with Crippen LogP contribution in [0.1, 0.15) is 23.6 Å². The fourth-order valence-electron chi connectivity index (χ4n) is 2.60. The number of piperazine rings is 1. The summed E-state index contributed by atoms with van der Waals surface area (Å²) in [6.07, 6.45) is -3.88. The molecule has 112 valence electrons. The zero-order chi connectivity index (χ0) is 14.6. The minimum absolute atomic E-state index is 0.0369. The van der Waals surface area contributed by atoms with Crippen LogP contribution in [0.5, 0.6) is 0 Å². The van der Waals surface area contributed by atoms with E-state index in [-0.39, 0.29) is 12.6 Å². The Kier molecular flexibility index (Phi) is 5.01. The Morgan fingerprint density at radius 3 is 2.55 bits per heavy atom. The quantitative estimate of drug-likeness (QED) is 0.890. The van der Waals surface area contributed by atoms with Gasteiger partial charge in [-0.3, -0.25) is 4.90 Å². The molecule has 0 bridgehead atoms. The molecular weight excluding hydrogens is 269 g/mol. The van der Waals surface area contributed by atoms with Crippen molar-refractivity contribution >= 4 is 0 Å². The third-order valence-electron chi connectivity index (χ3n) is 3.59. The zero-order valence-electron chi connectivity index (χ0n) is 11.2. The third kappa shape index (κ3) is 3.71. The second-order valence-corrected chi connectivity index (χ2v) is 4.94. The van der Waals surface area contributed by atoms with Gasteiger partial charge < -0.3 is 10.4 Å². The SMILES string of the molecule is OCC[C@@H](c1cccc(C(F)(F)F)c1)N1CCNCC1. The van der Waals surface area contributed by atoms with Crippen LogP contribution in [0, 0.1) is 0 Å². The predicted molar refractivity (Wildman–Crippen MR) is 70.3 cm³/mol. The maximum atomic E-state index is 12.8. The maximum absolute atomic E-state index is 12.8. The summed E-state index contributed by atoms with van der Waals surface area (Å²) in [4.78, 5) is 2.13. The van der Waals surface area contributed by atoms with Gasteiger partial charge in [0.15, 0.2) is 0 Å². The lowest BCUT2D eigenvalue weighted by molar-refractivity contribution is -0.137. The van der Waals surface area contributed by atoms with Gasteiger partial charge in [0, 0.05) is 38.8 Å². The van der Waals surface area contributed by atoms with Gasteiger partial charge in [-0.25, -0.2) is 0 Å². The molecule has 20 heavy (non-hydrogen) atoms. The van der Waals surface area contributed by atoms with E-state index in [1.165, 1.54) is 12.1 Å². The first kappa shape index (κ1) is 15.3. The molecule has 2 N–H and O–H groups in total. The Morgan fingerprint density at radius 1 is 1.25 bits per heavy atom. The number of benzene rings is 1. The van der Waals surface area contributed by atoms with Crippen LogP contribution in [-0.2, 0) is 6.18 Å². The lowest BCUT2D eigenvalue weighted by atomic mass is 9.99. The van der Waals surface area contributed by atoms with Gasteiger partial charge in [-0.1, -0.05) is 12.1 Å². The summed E-state index contributed by atoms with van der Waals surface area (Å²) in [6.45, 7) is 3.16. The molecule has 1 aliphatic heterocycles. The molecule has 0 spiro atoms. The van der Waals surface area contributed by atoms with E-state index in [0.29, 0.717) is 12.0 Å². The van der Waals surface area contributed by atoms with Crippen molar-refractivity contribution in [2.75, 3.05) is 32.8 Å². The predicted octanol–water partition coefficient (Wildman–Crippen LogP) is 2.03. The van der Waals surface area contributed by atoms with Crippen molar-refractivity contribution in [3.05, 3.63) is 35.4 Å². The van der Waals surface area contributed by atoms with Crippen LogP contribution in [0.15, 0.2) is 24.3 Å². The first-order valence-corrected chi connectivity index (χ1v) is 6.75. The van der Waals surface area contributed by atoms with Crippen molar-refractivity contribution in [1.29, 1.82) is 0 Å². The molecule has 0 radical (unpaired) electrons. The summed E-state index contributed by atoms with van der Waals surface area (Å²) in [6, 6.07) is 5.26. The van der Waals surface area contributed by atoms with Crippen molar-refractivity contribution in [2.24, 2.45) is 0 Å². The van der Waals surface area contributed by atoms with E-state index >= 15 is 0 Å². The molecule has 1 aromatic carbocycles. The molecule has 1 fully saturated rings. The molecule has 0 amide bonds.